The van der Waals surface area contributed by atoms with Gasteiger partial charge in [-0.05, 0) is 38.0 Å². The van der Waals surface area contributed by atoms with E-state index in [1.54, 1.807) is 11.8 Å². The lowest BCUT2D eigenvalue weighted by atomic mass is 10.1. The second kappa shape index (κ2) is 8.47. The second-order valence-electron chi connectivity index (χ2n) is 6.43. The Balaban J connectivity index is 1.73. The van der Waals surface area contributed by atoms with Crippen molar-refractivity contribution in [3.63, 3.8) is 0 Å². The molecule has 0 atom stereocenters. The first-order valence-electron chi connectivity index (χ1n) is 8.94. The second-order valence-corrected chi connectivity index (χ2v) is 7.37. The molecule has 0 radical (unpaired) electrons. The van der Waals surface area contributed by atoms with E-state index in [2.05, 4.69) is 20.6 Å². The van der Waals surface area contributed by atoms with E-state index in [1.807, 2.05) is 56.8 Å². The van der Waals surface area contributed by atoms with Crippen molar-refractivity contribution < 1.29 is 9.53 Å². The molecular weight excluding hydrogens is 376 g/mol. The maximum Gasteiger partial charge on any atom is 0.243 e. The van der Waals surface area contributed by atoms with Gasteiger partial charge in [0.05, 0.1) is 12.9 Å². The predicted molar refractivity (Wildman–Crippen MR) is 110 cm³/mol. The first-order chi connectivity index (χ1) is 13.4. The quantitative estimate of drug-likeness (QED) is 0.614. The van der Waals surface area contributed by atoms with Crippen molar-refractivity contribution >= 4 is 23.4 Å². The number of methoxy groups -OCH3 is 1. The maximum absolute atomic E-state index is 12.4. The van der Waals surface area contributed by atoms with Crippen molar-refractivity contribution in [2.45, 2.75) is 32.5 Å². The summed E-state index contributed by atoms with van der Waals surface area (Å²) in [6.45, 7) is 6.66. The van der Waals surface area contributed by atoms with E-state index in [4.69, 9.17) is 4.74 Å². The third-order valence-corrected chi connectivity index (χ3v) is 5.23. The molecule has 2 aromatic heterocycles. The molecule has 0 aliphatic rings. The number of ether oxygens (including phenoxy) is 1. The number of nitrogens with zero attached hydrogens (tertiary/aromatic N) is 5. The lowest BCUT2D eigenvalue weighted by Gasteiger charge is -2.10. The van der Waals surface area contributed by atoms with Gasteiger partial charge in [-0.1, -0.05) is 23.9 Å². The highest BCUT2D eigenvalue weighted by Crippen LogP contribution is 2.30. The molecule has 0 saturated carbocycles. The van der Waals surface area contributed by atoms with Crippen LogP contribution in [0.25, 0.3) is 11.4 Å². The topological polar surface area (TPSA) is 86.9 Å². The Morgan fingerprint density at radius 1 is 1.29 bits per heavy atom. The van der Waals surface area contributed by atoms with Crippen molar-refractivity contribution in [1.29, 1.82) is 0 Å². The molecule has 148 valence electrons. The number of nitrogens with one attached hydrogen (secondary N) is 1. The molecule has 9 heteroatoms. The monoisotopic (exact) mass is 400 g/mol. The van der Waals surface area contributed by atoms with Crippen LogP contribution >= 0.6 is 11.8 Å². The summed E-state index contributed by atoms with van der Waals surface area (Å²) in [5.74, 6) is 1.33. The first kappa shape index (κ1) is 19.9. The van der Waals surface area contributed by atoms with E-state index < -0.39 is 0 Å². The largest absolute Gasteiger partial charge is 0.479 e. The van der Waals surface area contributed by atoms with E-state index in [0.29, 0.717) is 23.4 Å². The standard InChI is InChI=1S/C19H24N6O2S/c1-6-25-17(14-10-24(4)23-18(14)27-5)21-22-19(25)28-11-16(26)20-15-9-12(2)7-8-13(15)3/h7-10H,6,11H2,1-5H3,(H,20,26). The summed E-state index contributed by atoms with van der Waals surface area (Å²) in [6, 6.07) is 6.00. The third-order valence-electron chi connectivity index (χ3n) is 4.26. The van der Waals surface area contributed by atoms with Gasteiger partial charge < -0.3 is 14.6 Å². The van der Waals surface area contributed by atoms with Crippen molar-refractivity contribution in [3.8, 4) is 17.3 Å². The Bertz CT molecular complexity index is 994. The smallest absolute Gasteiger partial charge is 0.243 e. The molecule has 0 aliphatic heterocycles. The molecule has 1 N–H and O–H groups in total. The molecular formula is C19H24N6O2S. The van der Waals surface area contributed by atoms with E-state index in [1.165, 1.54) is 11.8 Å². The molecule has 0 unspecified atom stereocenters. The zero-order valence-corrected chi connectivity index (χ0v) is 17.5. The number of amides is 1. The summed E-state index contributed by atoms with van der Waals surface area (Å²) in [5.41, 5.74) is 3.75. The molecule has 2 heterocycles. The Kier molecular flexibility index (Phi) is 6.03. The lowest BCUT2D eigenvalue weighted by molar-refractivity contribution is -0.113. The Morgan fingerprint density at radius 3 is 2.79 bits per heavy atom. The normalized spacial score (nSPS) is 10.9. The van der Waals surface area contributed by atoms with E-state index in [0.717, 1.165) is 22.4 Å². The molecule has 0 bridgehead atoms. The molecule has 28 heavy (non-hydrogen) atoms. The summed E-state index contributed by atoms with van der Waals surface area (Å²) in [4.78, 5) is 12.4. The number of rotatable bonds is 7. The summed E-state index contributed by atoms with van der Waals surface area (Å²) in [7, 11) is 3.40. The van der Waals surface area contributed by atoms with Gasteiger partial charge in [0.1, 0.15) is 5.56 Å². The minimum atomic E-state index is -0.0788. The van der Waals surface area contributed by atoms with Crippen LogP contribution in [-0.4, -0.2) is 43.3 Å². The fourth-order valence-corrected chi connectivity index (χ4v) is 3.64. The van der Waals surface area contributed by atoms with E-state index in [9.17, 15) is 4.79 Å². The van der Waals surface area contributed by atoms with Crippen LogP contribution in [0.5, 0.6) is 5.88 Å². The number of carbonyl (C=O) groups excluding carboxylic acids is 1. The zero-order valence-electron chi connectivity index (χ0n) is 16.7. The van der Waals surface area contributed by atoms with Gasteiger partial charge in [-0.2, -0.15) is 0 Å². The molecule has 0 spiro atoms. The van der Waals surface area contributed by atoms with Crippen LogP contribution in [0.1, 0.15) is 18.1 Å². The number of aromatic nitrogens is 5. The minimum absolute atomic E-state index is 0.0788. The molecule has 3 rings (SSSR count). The average Bonchev–Trinajstić information content (AvgIpc) is 3.25. The van der Waals surface area contributed by atoms with Crippen molar-refractivity contribution in [2.75, 3.05) is 18.2 Å². The van der Waals surface area contributed by atoms with Gasteiger partial charge >= 0.3 is 0 Å². The zero-order chi connectivity index (χ0) is 20.3. The van der Waals surface area contributed by atoms with Crippen LogP contribution in [-0.2, 0) is 18.4 Å². The Hall–Kier alpha value is -2.81. The summed E-state index contributed by atoms with van der Waals surface area (Å²) < 4.78 is 8.96. The number of benzene rings is 1. The molecule has 0 saturated heterocycles. The van der Waals surface area contributed by atoms with Gasteiger partial charge in [-0.15, -0.1) is 15.3 Å². The Morgan fingerprint density at radius 2 is 2.07 bits per heavy atom. The average molecular weight is 401 g/mol. The van der Waals surface area contributed by atoms with Crippen molar-refractivity contribution in [3.05, 3.63) is 35.5 Å². The lowest BCUT2D eigenvalue weighted by Crippen LogP contribution is -2.15. The third kappa shape index (κ3) is 4.19. The van der Waals surface area contributed by atoms with Gasteiger partial charge in [-0.3, -0.25) is 9.48 Å². The van der Waals surface area contributed by atoms with Gasteiger partial charge in [0.15, 0.2) is 11.0 Å². The fraction of sp³-hybridized carbons (Fsp3) is 0.368. The minimum Gasteiger partial charge on any atom is -0.479 e. The molecule has 0 fully saturated rings. The predicted octanol–water partition coefficient (Wildman–Crippen LogP) is 3.05. The highest BCUT2D eigenvalue weighted by molar-refractivity contribution is 7.99. The van der Waals surface area contributed by atoms with Crippen LogP contribution in [0, 0.1) is 13.8 Å². The van der Waals surface area contributed by atoms with Crippen LogP contribution in [0.3, 0.4) is 0 Å². The SMILES string of the molecule is CCn1c(SCC(=O)Nc2cc(C)ccc2C)nnc1-c1cn(C)nc1OC. The van der Waals surface area contributed by atoms with Crippen LogP contribution < -0.4 is 10.1 Å². The number of anilines is 1. The van der Waals surface area contributed by atoms with Gasteiger partial charge in [0.25, 0.3) is 0 Å². The number of hydrogen-bond donors (Lipinski definition) is 1. The highest BCUT2D eigenvalue weighted by Gasteiger charge is 2.20. The fourth-order valence-electron chi connectivity index (χ4n) is 2.84. The number of hydrogen-bond acceptors (Lipinski definition) is 6. The van der Waals surface area contributed by atoms with Crippen LogP contribution in [0.15, 0.2) is 29.6 Å². The van der Waals surface area contributed by atoms with E-state index in [-0.39, 0.29) is 11.7 Å². The Labute approximate surface area is 168 Å². The van der Waals surface area contributed by atoms with Gasteiger partial charge in [-0.25, -0.2) is 0 Å². The number of carbonyl (C=O) groups is 1. The van der Waals surface area contributed by atoms with Crippen LogP contribution in [0.2, 0.25) is 0 Å². The molecule has 0 aliphatic carbocycles. The molecule has 8 nitrogen and oxygen atoms in total. The summed E-state index contributed by atoms with van der Waals surface area (Å²) in [5, 5.41) is 16.5. The van der Waals surface area contributed by atoms with Crippen molar-refractivity contribution in [1.82, 2.24) is 24.5 Å². The first-order valence-corrected chi connectivity index (χ1v) is 9.92. The molecule has 3 aromatic rings. The van der Waals surface area contributed by atoms with Crippen molar-refractivity contribution in [2.24, 2.45) is 7.05 Å². The van der Waals surface area contributed by atoms with Gasteiger partial charge in [0.2, 0.25) is 11.8 Å². The van der Waals surface area contributed by atoms with E-state index >= 15 is 0 Å². The maximum atomic E-state index is 12.4. The van der Waals surface area contributed by atoms with Gasteiger partial charge in [0, 0.05) is 25.5 Å². The molecule has 1 aromatic carbocycles. The summed E-state index contributed by atoms with van der Waals surface area (Å²) >= 11 is 1.35. The van der Waals surface area contributed by atoms with Crippen LogP contribution in [0.4, 0.5) is 5.69 Å². The summed E-state index contributed by atoms with van der Waals surface area (Å²) in [6.07, 6.45) is 1.84. The number of aryl methyl sites for hydroxylation is 3. The molecule has 1 amide bonds. The highest BCUT2D eigenvalue weighted by atomic mass is 32.2. The number of thioether (sulfide) groups is 1.